The zero-order valence-corrected chi connectivity index (χ0v) is 9.24. The molecule has 0 aliphatic rings. The molecule has 88 valence electrons. The summed E-state index contributed by atoms with van der Waals surface area (Å²) in [5, 5.41) is 23.8. The number of nitrogens with one attached hydrogen (secondary N) is 2. The van der Waals surface area contributed by atoms with Crippen molar-refractivity contribution >= 4 is 28.5 Å². The molecule has 0 aliphatic heterocycles. The third kappa shape index (κ3) is 3.48. The molecule has 16 heavy (non-hydrogen) atoms. The number of urea groups is 1. The van der Waals surface area contributed by atoms with Crippen LogP contribution in [0.15, 0.2) is 5.38 Å². The lowest BCUT2D eigenvalue weighted by molar-refractivity contribution is -0.140. The number of carboxylic acid groups (broad SMARTS) is 1. The molecular weight excluding hydrogens is 234 g/mol. The first-order valence-electron chi connectivity index (χ1n) is 4.36. The molecule has 1 atom stereocenters. The number of hydrogen-bond donors (Lipinski definition) is 4. The molecule has 0 radical (unpaired) electrons. The molecule has 0 bridgehead atoms. The fourth-order valence-corrected chi connectivity index (χ4v) is 1.57. The molecule has 0 aromatic carbocycles. The van der Waals surface area contributed by atoms with Gasteiger partial charge in [0.1, 0.15) is 0 Å². The number of carboxylic acids is 1. The first-order valence-corrected chi connectivity index (χ1v) is 5.24. The molecule has 4 N–H and O–H groups in total. The Morgan fingerprint density at radius 2 is 2.31 bits per heavy atom. The molecule has 8 heteroatoms. The van der Waals surface area contributed by atoms with E-state index in [2.05, 4.69) is 15.6 Å². The van der Waals surface area contributed by atoms with Crippen LogP contribution in [0.25, 0.3) is 0 Å². The lowest BCUT2D eigenvalue weighted by Gasteiger charge is -2.11. The summed E-state index contributed by atoms with van der Waals surface area (Å²) in [5.41, 5.74) is 0.761. The van der Waals surface area contributed by atoms with E-state index in [0.29, 0.717) is 5.13 Å². The summed E-state index contributed by atoms with van der Waals surface area (Å²) in [5.74, 6) is -1.30. The maximum absolute atomic E-state index is 11.3. The highest BCUT2D eigenvalue weighted by atomic mass is 32.1. The highest BCUT2D eigenvalue weighted by Gasteiger charge is 2.18. The molecule has 1 aromatic heterocycles. The smallest absolute Gasteiger partial charge is 0.328 e. The van der Waals surface area contributed by atoms with Gasteiger partial charge in [-0.15, -0.1) is 11.3 Å². The van der Waals surface area contributed by atoms with Gasteiger partial charge in [-0.1, -0.05) is 0 Å². The van der Waals surface area contributed by atoms with Gasteiger partial charge in [-0.25, -0.2) is 14.6 Å². The van der Waals surface area contributed by atoms with Crippen LogP contribution in [0.1, 0.15) is 5.69 Å². The number of carbonyl (C=O) groups is 2. The van der Waals surface area contributed by atoms with Crippen molar-refractivity contribution in [2.45, 2.75) is 13.0 Å². The number of aliphatic hydroxyl groups is 1. The van der Waals surface area contributed by atoms with Crippen molar-refractivity contribution in [3.8, 4) is 0 Å². The largest absolute Gasteiger partial charge is 0.480 e. The van der Waals surface area contributed by atoms with E-state index in [-0.39, 0.29) is 0 Å². The van der Waals surface area contributed by atoms with E-state index in [1.54, 1.807) is 12.3 Å². The Kier molecular flexibility index (Phi) is 4.20. The number of rotatable bonds is 4. The zero-order chi connectivity index (χ0) is 12.1. The van der Waals surface area contributed by atoms with Crippen molar-refractivity contribution in [1.29, 1.82) is 0 Å². The fourth-order valence-electron chi connectivity index (χ4n) is 0.888. The van der Waals surface area contributed by atoms with Gasteiger partial charge in [0.25, 0.3) is 0 Å². The number of aryl methyl sites for hydroxylation is 1. The van der Waals surface area contributed by atoms with Crippen molar-refractivity contribution in [2.24, 2.45) is 0 Å². The molecule has 1 heterocycles. The van der Waals surface area contributed by atoms with E-state index in [1.807, 2.05) is 0 Å². The second-order valence-electron chi connectivity index (χ2n) is 2.97. The van der Waals surface area contributed by atoms with Crippen LogP contribution >= 0.6 is 11.3 Å². The van der Waals surface area contributed by atoms with Gasteiger partial charge in [-0.3, -0.25) is 5.32 Å². The predicted molar refractivity (Wildman–Crippen MR) is 57.5 cm³/mol. The topological polar surface area (TPSA) is 112 Å². The Balaban J connectivity index is 2.50. The normalized spacial score (nSPS) is 11.9. The maximum atomic E-state index is 11.3. The van der Waals surface area contributed by atoms with Crippen LogP contribution < -0.4 is 10.6 Å². The number of anilines is 1. The van der Waals surface area contributed by atoms with Crippen molar-refractivity contribution in [1.82, 2.24) is 10.3 Å². The molecule has 1 rings (SSSR count). The highest BCUT2D eigenvalue weighted by Crippen LogP contribution is 2.13. The van der Waals surface area contributed by atoms with Crippen molar-refractivity contribution in [3.05, 3.63) is 11.1 Å². The van der Waals surface area contributed by atoms with Crippen LogP contribution in [-0.4, -0.2) is 39.8 Å². The van der Waals surface area contributed by atoms with E-state index in [1.165, 1.54) is 11.3 Å². The van der Waals surface area contributed by atoms with Crippen LogP contribution in [-0.2, 0) is 4.79 Å². The minimum absolute atomic E-state index is 0.372. The molecule has 0 aliphatic carbocycles. The SMILES string of the molecule is Cc1csc(NC(=O)NC(CO)C(=O)O)n1. The summed E-state index contributed by atoms with van der Waals surface area (Å²) in [6.07, 6.45) is 0. The molecule has 0 fully saturated rings. The van der Waals surface area contributed by atoms with Crippen LogP contribution in [0.2, 0.25) is 0 Å². The molecular formula is C8H11N3O4S. The number of aliphatic carboxylic acids is 1. The quantitative estimate of drug-likeness (QED) is 0.597. The van der Waals surface area contributed by atoms with Crippen LogP contribution in [0.3, 0.4) is 0 Å². The average Bonchev–Trinajstić information content (AvgIpc) is 2.60. The second-order valence-corrected chi connectivity index (χ2v) is 3.82. The Morgan fingerprint density at radius 1 is 1.62 bits per heavy atom. The van der Waals surface area contributed by atoms with Gasteiger partial charge >= 0.3 is 12.0 Å². The molecule has 2 amide bonds. The minimum atomic E-state index is -1.32. The monoisotopic (exact) mass is 245 g/mol. The van der Waals surface area contributed by atoms with Gasteiger partial charge in [-0.05, 0) is 6.92 Å². The summed E-state index contributed by atoms with van der Waals surface area (Å²) >= 11 is 1.23. The number of carbonyl (C=O) groups excluding carboxylic acids is 1. The number of thiazole rings is 1. The van der Waals surface area contributed by atoms with E-state index >= 15 is 0 Å². The Bertz CT molecular complexity index is 392. The molecule has 1 unspecified atom stereocenters. The molecule has 0 saturated heterocycles. The first kappa shape index (κ1) is 12.4. The zero-order valence-electron chi connectivity index (χ0n) is 8.43. The summed E-state index contributed by atoms with van der Waals surface area (Å²) in [6, 6.07) is -2.03. The van der Waals surface area contributed by atoms with Gasteiger partial charge < -0.3 is 15.5 Å². The third-order valence-electron chi connectivity index (χ3n) is 1.63. The average molecular weight is 245 g/mol. The number of aromatic nitrogens is 1. The van der Waals surface area contributed by atoms with Crippen molar-refractivity contribution < 1.29 is 19.8 Å². The van der Waals surface area contributed by atoms with E-state index < -0.39 is 24.6 Å². The van der Waals surface area contributed by atoms with Gasteiger partial charge in [0.2, 0.25) is 0 Å². The summed E-state index contributed by atoms with van der Waals surface area (Å²) in [4.78, 5) is 25.7. The van der Waals surface area contributed by atoms with Crippen molar-refractivity contribution in [3.63, 3.8) is 0 Å². The van der Waals surface area contributed by atoms with Crippen molar-refractivity contribution in [2.75, 3.05) is 11.9 Å². The Morgan fingerprint density at radius 3 is 2.75 bits per heavy atom. The first-order chi connectivity index (χ1) is 7.52. The molecule has 7 nitrogen and oxygen atoms in total. The lowest BCUT2D eigenvalue weighted by atomic mass is 10.3. The van der Waals surface area contributed by atoms with E-state index in [9.17, 15) is 9.59 Å². The maximum Gasteiger partial charge on any atom is 0.328 e. The number of aliphatic hydroxyl groups excluding tert-OH is 1. The van der Waals surface area contributed by atoms with Crippen LogP contribution in [0.4, 0.5) is 9.93 Å². The molecule has 1 aromatic rings. The number of amides is 2. The van der Waals surface area contributed by atoms with Crippen LogP contribution in [0.5, 0.6) is 0 Å². The minimum Gasteiger partial charge on any atom is -0.480 e. The molecule has 0 saturated carbocycles. The standard InChI is InChI=1S/C8H11N3O4S/c1-4-3-16-8(9-4)11-7(15)10-5(2-12)6(13)14/h3,5,12H,2H2,1H3,(H,13,14)(H2,9,10,11,15). The third-order valence-corrected chi connectivity index (χ3v) is 2.50. The van der Waals surface area contributed by atoms with Gasteiger partial charge in [0.15, 0.2) is 11.2 Å². The second kappa shape index (κ2) is 5.42. The van der Waals surface area contributed by atoms with E-state index in [0.717, 1.165) is 5.69 Å². The predicted octanol–water partition coefficient (Wildman–Crippen LogP) is 0.0185. The van der Waals surface area contributed by atoms with Gasteiger partial charge in [0.05, 0.1) is 12.3 Å². The lowest BCUT2D eigenvalue weighted by Crippen LogP contribution is -2.45. The fraction of sp³-hybridized carbons (Fsp3) is 0.375. The highest BCUT2D eigenvalue weighted by molar-refractivity contribution is 7.13. The Labute approximate surface area is 95.1 Å². The summed E-state index contributed by atoms with van der Waals surface area (Å²) in [7, 11) is 0. The van der Waals surface area contributed by atoms with Gasteiger partial charge in [-0.2, -0.15) is 0 Å². The van der Waals surface area contributed by atoms with Gasteiger partial charge in [0, 0.05) is 5.38 Å². The summed E-state index contributed by atoms with van der Waals surface area (Å²) in [6.45, 7) is 1.10. The van der Waals surface area contributed by atoms with E-state index in [4.69, 9.17) is 10.2 Å². The Hall–Kier alpha value is -1.67. The number of nitrogens with zero attached hydrogens (tertiary/aromatic N) is 1. The number of hydrogen-bond acceptors (Lipinski definition) is 5. The van der Waals surface area contributed by atoms with Crippen LogP contribution in [0, 0.1) is 6.92 Å². The summed E-state index contributed by atoms with van der Waals surface area (Å²) < 4.78 is 0. The molecule has 0 spiro atoms.